The maximum Gasteiger partial charge on any atom is 0.243 e. The van der Waals surface area contributed by atoms with E-state index >= 15 is 0 Å². The van der Waals surface area contributed by atoms with Gasteiger partial charge in [-0.3, -0.25) is 0 Å². The molecule has 2 rings (SSSR count). The van der Waals surface area contributed by atoms with Gasteiger partial charge >= 0.3 is 0 Å². The average molecular weight is 377 g/mol. The highest BCUT2D eigenvalue weighted by molar-refractivity contribution is 9.10. The van der Waals surface area contributed by atoms with Gasteiger partial charge in [-0.25, -0.2) is 8.42 Å². The molecule has 1 saturated heterocycles. The molecule has 1 aliphatic rings. The van der Waals surface area contributed by atoms with Crippen LogP contribution in [0.3, 0.4) is 0 Å². The Balaban J connectivity index is 2.15. The fourth-order valence-corrected chi connectivity index (χ4v) is 4.49. The maximum absolute atomic E-state index is 12.7. The van der Waals surface area contributed by atoms with Crippen LogP contribution < -0.4 is 10.1 Å². The van der Waals surface area contributed by atoms with E-state index in [1.54, 1.807) is 22.5 Å². The van der Waals surface area contributed by atoms with Gasteiger partial charge in [-0.15, -0.1) is 0 Å². The molecule has 0 unspecified atom stereocenters. The molecule has 0 aromatic heterocycles. The van der Waals surface area contributed by atoms with Gasteiger partial charge in [0.1, 0.15) is 5.75 Å². The van der Waals surface area contributed by atoms with Crippen LogP contribution in [-0.4, -0.2) is 46.5 Å². The lowest BCUT2D eigenvalue weighted by atomic mass is 9.98. The summed E-state index contributed by atoms with van der Waals surface area (Å²) in [6, 6.07) is 4.89. The third-order valence-corrected chi connectivity index (χ3v) is 6.38. The van der Waals surface area contributed by atoms with E-state index < -0.39 is 10.0 Å². The van der Waals surface area contributed by atoms with Crippen molar-refractivity contribution < 1.29 is 13.2 Å². The summed E-state index contributed by atoms with van der Waals surface area (Å²) in [5.74, 6) is 1.09. The number of hydrogen-bond donors (Lipinski definition) is 1. The number of methoxy groups -OCH3 is 1. The number of halogens is 1. The molecule has 21 heavy (non-hydrogen) atoms. The van der Waals surface area contributed by atoms with Crippen molar-refractivity contribution in [1.29, 1.82) is 0 Å². The lowest BCUT2D eigenvalue weighted by molar-refractivity contribution is 0.270. The molecule has 0 aliphatic carbocycles. The molecule has 1 heterocycles. The van der Waals surface area contributed by atoms with Crippen molar-refractivity contribution in [2.75, 3.05) is 33.8 Å². The lowest BCUT2D eigenvalue weighted by Crippen LogP contribution is -2.40. The van der Waals surface area contributed by atoms with Crippen molar-refractivity contribution in [3.05, 3.63) is 22.7 Å². The minimum Gasteiger partial charge on any atom is -0.496 e. The third-order valence-electron chi connectivity index (χ3n) is 3.83. The summed E-state index contributed by atoms with van der Waals surface area (Å²) in [6.07, 6.45) is 1.79. The highest BCUT2D eigenvalue weighted by Gasteiger charge is 2.29. The number of hydrogen-bond acceptors (Lipinski definition) is 4. The zero-order valence-corrected chi connectivity index (χ0v) is 14.7. The van der Waals surface area contributed by atoms with Crippen molar-refractivity contribution in [3.63, 3.8) is 0 Å². The summed E-state index contributed by atoms with van der Waals surface area (Å²) in [5, 5.41) is 3.15. The van der Waals surface area contributed by atoms with Crippen LogP contribution in [0.25, 0.3) is 0 Å². The summed E-state index contributed by atoms with van der Waals surface area (Å²) < 4.78 is 32.8. The first-order valence-corrected chi connectivity index (χ1v) is 9.20. The number of sulfonamides is 1. The Morgan fingerprint density at radius 1 is 1.38 bits per heavy atom. The van der Waals surface area contributed by atoms with E-state index in [2.05, 4.69) is 21.2 Å². The molecule has 1 aromatic carbocycles. The molecule has 7 heteroatoms. The number of rotatable bonds is 5. The van der Waals surface area contributed by atoms with Gasteiger partial charge < -0.3 is 10.1 Å². The van der Waals surface area contributed by atoms with Crippen LogP contribution in [-0.2, 0) is 10.0 Å². The molecule has 0 saturated carbocycles. The number of piperidine rings is 1. The molecule has 0 spiro atoms. The molecule has 5 nitrogen and oxygen atoms in total. The quantitative estimate of drug-likeness (QED) is 0.854. The summed E-state index contributed by atoms with van der Waals surface area (Å²) >= 11 is 3.34. The molecule has 0 bridgehead atoms. The SMILES string of the molecule is CNCC1CCN(S(=O)(=O)c2ccc(Br)c(OC)c2)CC1. The van der Waals surface area contributed by atoms with E-state index in [4.69, 9.17) is 4.74 Å². The zero-order valence-electron chi connectivity index (χ0n) is 12.3. The van der Waals surface area contributed by atoms with E-state index in [0.29, 0.717) is 24.8 Å². The largest absolute Gasteiger partial charge is 0.496 e. The van der Waals surface area contributed by atoms with Gasteiger partial charge in [0.2, 0.25) is 10.0 Å². The van der Waals surface area contributed by atoms with E-state index in [0.717, 1.165) is 23.9 Å². The van der Waals surface area contributed by atoms with Crippen LogP contribution in [0, 0.1) is 5.92 Å². The van der Waals surface area contributed by atoms with E-state index in [9.17, 15) is 8.42 Å². The van der Waals surface area contributed by atoms with E-state index in [1.165, 1.54) is 7.11 Å². The van der Waals surface area contributed by atoms with Gasteiger partial charge in [-0.05, 0) is 60.4 Å². The molecule has 1 aliphatic heterocycles. The molecule has 118 valence electrons. The van der Waals surface area contributed by atoms with Gasteiger partial charge in [0, 0.05) is 19.2 Å². The molecule has 1 N–H and O–H groups in total. The Morgan fingerprint density at radius 2 is 2.05 bits per heavy atom. The maximum atomic E-state index is 12.7. The molecule has 0 atom stereocenters. The number of nitrogens with one attached hydrogen (secondary N) is 1. The molecule has 0 radical (unpaired) electrons. The summed E-state index contributed by atoms with van der Waals surface area (Å²) in [4.78, 5) is 0.287. The lowest BCUT2D eigenvalue weighted by Gasteiger charge is -2.31. The highest BCUT2D eigenvalue weighted by Crippen LogP contribution is 2.30. The third kappa shape index (κ3) is 3.77. The Morgan fingerprint density at radius 3 is 2.62 bits per heavy atom. The first kappa shape index (κ1) is 16.7. The summed E-state index contributed by atoms with van der Waals surface area (Å²) in [5.41, 5.74) is 0. The van der Waals surface area contributed by atoms with E-state index in [1.807, 2.05) is 7.05 Å². The monoisotopic (exact) mass is 376 g/mol. The van der Waals surface area contributed by atoms with Crippen molar-refractivity contribution >= 4 is 26.0 Å². The summed E-state index contributed by atoms with van der Waals surface area (Å²) in [7, 11) is 0.0176. The highest BCUT2D eigenvalue weighted by atomic mass is 79.9. The van der Waals surface area contributed by atoms with Crippen LogP contribution in [0.5, 0.6) is 5.75 Å². The molecule has 0 amide bonds. The minimum absolute atomic E-state index is 0.287. The van der Waals surface area contributed by atoms with Crippen LogP contribution >= 0.6 is 15.9 Å². The van der Waals surface area contributed by atoms with Crippen LogP contribution in [0.2, 0.25) is 0 Å². The number of nitrogens with zero attached hydrogens (tertiary/aromatic N) is 1. The van der Waals surface area contributed by atoms with Crippen molar-refractivity contribution in [1.82, 2.24) is 9.62 Å². The number of benzene rings is 1. The fraction of sp³-hybridized carbons (Fsp3) is 0.571. The zero-order chi connectivity index (χ0) is 15.5. The van der Waals surface area contributed by atoms with Gasteiger partial charge in [0.25, 0.3) is 0 Å². The summed E-state index contributed by atoms with van der Waals surface area (Å²) in [6.45, 7) is 2.10. The van der Waals surface area contributed by atoms with Crippen molar-refractivity contribution in [2.24, 2.45) is 5.92 Å². The first-order valence-electron chi connectivity index (χ1n) is 6.97. The van der Waals surface area contributed by atoms with E-state index in [-0.39, 0.29) is 4.90 Å². The average Bonchev–Trinajstić information content (AvgIpc) is 2.48. The predicted octanol–water partition coefficient (Wildman–Crippen LogP) is 2.08. The minimum atomic E-state index is -3.44. The Hall–Kier alpha value is -0.630. The fourth-order valence-electron chi connectivity index (χ4n) is 2.59. The van der Waals surface area contributed by atoms with Crippen molar-refractivity contribution in [3.8, 4) is 5.75 Å². The van der Waals surface area contributed by atoms with Gasteiger partial charge in [0.05, 0.1) is 16.5 Å². The van der Waals surface area contributed by atoms with Crippen molar-refractivity contribution in [2.45, 2.75) is 17.7 Å². The van der Waals surface area contributed by atoms with Gasteiger partial charge in [-0.2, -0.15) is 4.31 Å². The second kappa shape index (κ2) is 7.09. The second-order valence-corrected chi connectivity index (χ2v) is 7.99. The predicted molar refractivity (Wildman–Crippen MR) is 86.1 cm³/mol. The van der Waals surface area contributed by atoms with Gasteiger partial charge in [0.15, 0.2) is 0 Å². The Bertz CT molecular complexity index is 584. The Kier molecular flexibility index (Phi) is 5.65. The van der Waals surface area contributed by atoms with Gasteiger partial charge in [-0.1, -0.05) is 0 Å². The normalized spacial score (nSPS) is 17.9. The van der Waals surface area contributed by atoms with Crippen LogP contribution in [0.15, 0.2) is 27.6 Å². The molecular formula is C14H21BrN2O3S. The first-order chi connectivity index (χ1) is 9.98. The molecule has 1 fully saturated rings. The smallest absolute Gasteiger partial charge is 0.243 e. The standard InChI is InChI=1S/C14H21BrN2O3S/c1-16-10-11-5-7-17(8-6-11)21(18,19)12-3-4-13(15)14(9-12)20-2/h3-4,9,11,16H,5-8,10H2,1-2H3. The molecular weight excluding hydrogens is 356 g/mol. The Labute approximate surface area is 134 Å². The number of ether oxygens (including phenoxy) is 1. The second-order valence-electron chi connectivity index (χ2n) is 5.20. The molecule has 1 aromatic rings. The van der Waals surface area contributed by atoms with Crippen LogP contribution in [0.4, 0.5) is 0 Å². The van der Waals surface area contributed by atoms with Crippen LogP contribution in [0.1, 0.15) is 12.8 Å². The topological polar surface area (TPSA) is 58.6 Å².